The number of rotatable bonds is 15. The number of anilines is 3. The largest absolute Gasteiger partial charge is 0.310 e. The Morgan fingerprint density at radius 2 is 0.434 bits per heavy atom. The van der Waals surface area contributed by atoms with E-state index in [-0.39, 0.29) is 0 Å². The molecule has 0 saturated heterocycles. The molecule has 18 aromatic carbocycles. The minimum atomic E-state index is 0.962. The van der Waals surface area contributed by atoms with Gasteiger partial charge in [-0.15, -0.1) is 0 Å². The van der Waals surface area contributed by atoms with Crippen LogP contribution in [-0.4, -0.2) is 9.13 Å². The van der Waals surface area contributed by atoms with Crippen molar-refractivity contribution in [1.82, 2.24) is 9.13 Å². The number of aromatic nitrogens is 2. The van der Waals surface area contributed by atoms with Crippen LogP contribution in [0.25, 0.3) is 144 Å². The molecule has 3 nitrogen and oxygen atoms in total. The van der Waals surface area contributed by atoms with Gasteiger partial charge in [0.25, 0.3) is 0 Å². The minimum Gasteiger partial charge on any atom is -0.310 e. The predicted octanol–water partition coefficient (Wildman–Crippen LogP) is 30.4. The molecule has 0 aliphatic carbocycles. The summed E-state index contributed by atoms with van der Waals surface area (Å²) in [6, 6.07) is 165. The third-order valence-corrected chi connectivity index (χ3v) is 21.9. The lowest BCUT2D eigenvalue weighted by molar-refractivity contribution is 1.18. The Morgan fingerprint density at radius 1 is 0.177 bits per heavy atom. The maximum absolute atomic E-state index is 3.57. The smallest absolute Gasteiger partial charge is 0.0547 e. The number of fused-ring (bicyclic) bond motifs is 6. The molecule has 2 heterocycles. The van der Waals surface area contributed by atoms with E-state index >= 15 is 0 Å². The molecule has 0 bridgehead atoms. The quantitative estimate of drug-likeness (QED) is 0.0997. The molecule has 0 amide bonds. The monoisotopic (exact) mass is 1510 g/mol. The summed E-state index contributed by atoms with van der Waals surface area (Å²) in [6.07, 6.45) is 0.962. The van der Waals surface area contributed by atoms with Gasteiger partial charge in [0.15, 0.2) is 0 Å². The molecule has 113 heavy (non-hydrogen) atoms. The van der Waals surface area contributed by atoms with Crippen LogP contribution in [0.15, 0.2) is 466 Å². The molecule has 0 unspecified atom stereocenters. The summed E-state index contributed by atoms with van der Waals surface area (Å²) in [7, 11) is 0. The van der Waals surface area contributed by atoms with Gasteiger partial charge in [-0.05, 0) is 204 Å². The van der Waals surface area contributed by atoms with Gasteiger partial charge in [0.2, 0.25) is 0 Å². The van der Waals surface area contributed by atoms with Crippen molar-refractivity contribution in [1.29, 1.82) is 0 Å². The van der Waals surface area contributed by atoms with Crippen molar-refractivity contribution < 1.29 is 0 Å². The molecule has 0 fully saturated rings. The fraction of sp³-hybridized carbons (Fsp3) is 0.00917. The standard InChI is InChI=1S/C54H38N2.C30H20BrN.C25H20/c1-4-13-39(14-5-1)41-27-32-48(33-28-41)55(49-34-29-42(30-35-49)40-15-6-2-7-16-40)50-20-12-17-45(37-50)43-23-25-44(26-24-43)46-31-36-52-51-21-10-11-22-53(51)56(54(52)38-46)47-18-8-3-9-19-47;31-25-8-6-7-23(19-25)21-13-15-22(16-14-21)24-17-18-28-27-11-4-5-12-29(27)32(30(28)20-24)26-9-2-1-3-10-26;1-3-7-22(8-4-1)24-15-11-20(12-16-24)19-21-13-17-25(18-14-21)23-9-5-2-6-10-23/h1-38H;1-20H;1-18H,19H2. The number of nitrogens with zero attached hydrogens (tertiary/aromatic N) is 3. The van der Waals surface area contributed by atoms with Crippen molar-refractivity contribution in [3.63, 3.8) is 0 Å². The van der Waals surface area contributed by atoms with E-state index in [4.69, 9.17) is 0 Å². The van der Waals surface area contributed by atoms with E-state index in [0.29, 0.717) is 0 Å². The molecule has 20 aromatic rings. The highest BCUT2D eigenvalue weighted by atomic mass is 79.9. The van der Waals surface area contributed by atoms with E-state index in [1.165, 1.54) is 155 Å². The highest BCUT2D eigenvalue weighted by Gasteiger charge is 2.19. The summed E-state index contributed by atoms with van der Waals surface area (Å²) >= 11 is 3.57. The molecule has 0 aliphatic heterocycles. The normalized spacial score (nSPS) is 11.1. The molecule has 0 spiro atoms. The van der Waals surface area contributed by atoms with E-state index in [1.54, 1.807) is 0 Å². The highest BCUT2D eigenvalue weighted by molar-refractivity contribution is 9.10. The Balaban J connectivity index is 0.000000131. The van der Waals surface area contributed by atoms with Crippen molar-refractivity contribution in [2.75, 3.05) is 4.90 Å². The van der Waals surface area contributed by atoms with Gasteiger partial charge in [0.1, 0.15) is 0 Å². The van der Waals surface area contributed by atoms with Crippen LogP contribution in [0.5, 0.6) is 0 Å². The Bertz CT molecular complexity index is 6440. The molecule has 0 saturated carbocycles. The van der Waals surface area contributed by atoms with Crippen LogP contribution in [0.2, 0.25) is 0 Å². The molecule has 0 atom stereocenters. The van der Waals surface area contributed by atoms with Gasteiger partial charge < -0.3 is 14.0 Å². The SMILES string of the molecule is Brc1cccc(-c2ccc(-c3ccc4c5ccccc5n(-c5ccccc5)c4c3)cc2)c1.c1ccc(-c2ccc(Cc3ccc(-c4ccccc4)cc3)cc2)cc1.c1ccc(-c2ccc(N(c3ccc(-c4ccccc4)cc3)c3cccc(-c4ccc(-c5ccc6c7ccccc7n(-c7ccccc7)c6c5)cc4)c3)cc2)cc1. The topological polar surface area (TPSA) is 13.1 Å². The van der Waals surface area contributed by atoms with E-state index < -0.39 is 0 Å². The first-order chi connectivity index (χ1) is 55.9. The van der Waals surface area contributed by atoms with Gasteiger partial charge in [-0.25, -0.2) is 0 Å². The molecule has 0 N–H and O–H groups in total. The van der Waals surface area contributed by atoms with Gasteiger partial charge >= 0.3 is 0 Å². The molecular formula is C109H78BrN3. The van der Waals surface area contributed by atoms with Crippen LogP contribution in [0.4, 0.5) is 17.1 Å². The average molecular weight is 1510 g/mol. The summed E-state index contributed by atoms with van der Waals surface area (Å²) in [5.41, 5.74) is 32.7. The second-order valence-corrected chi connectivity index (χ2v) is 29.4. The summed E-state index contributed by atoms with van der Waals surface area (Å²) in [6.45, 7) is 0. The second kappa shape index (κ2) is 32.6. The molecule has 0 radical (unpaired) electrons. The Kier molecular flexibility index (Phi) is 20.3. The number of hydrogen-bond acceptors (Lipinski definition) is 1. The van der Waals surface area contributed by atoms with Gasteiger partial charge in [-0.3, -0.25) is 0 Å². The lowest BCUT2D eigenvalue weighted by atomic mass is 9.98. The van der Waals surface area contributed by atoms with Crippen LogP contribution in [-0.2, 0) is 6.42 Å². The fourth-order valence-electron chi connectivity index (χ4n) is 15.7. The zero-order valence-electron chi connectivity index (χ0n) is 62.3. The minimum absolute atomic E-state index is 0.962. The highest BCUT2D eigenvalue weighted by Crippen LogP contribution is 2.42. The molecule has 0 aliphatic rings. The summed E-state index contributed by atoms with van der Waals surface area (Å²) in [5.74, 6) is 0. The second-order valence-electron chi connectivity index (χ2n) is 28.5. The Labute approximate surface area is 669 Å². The first-order valence-electron chi connectivity index (χ1n) is 38.6. The lowest BCUT2D eigenvalue weighted by Gasteiger charge is -2.26. The summed E-state index contributed by atoms with van der Waals surface area (Å²) in [5, 5.41) is 5.08. The third-order valence-electron chi connectivity index (χ3n) is 21.4. The van der Waals surface area contributed by atoms with E-state index in [1.807, 2.05) is 0 Å². The van der Waals surface area contributed by atoms with Crippen LogP contribution in [0.3, 0.4) is 0 Å². The van der Waals surface area contributed by atoms with Crippen molar-refractivity contribution in [3.8, 4) is 100 Å². The van der Waals surface area contributed by atoms with Gasteiger partial charge in [0.05, 0.1) is 22.1 Å². The van der Waals surface area contributed by atoms with Gasteiger partial charge in [-0.1, -0.05) is 380 Å². The Hall–Kier alpha value is -14.2. The molecule has 536 valence electrons. The van der Waals surface area contributed by atoms with Crippen molar-refractivity contribution in [3.05, 3.63) is 477 Å². The first kappa shape index (κ1) is 70.5. The summed E-state index contributed by atoms with van der Waals surface area (Å²) < 4.78 is 5.84. The van der Waals surface area contributed by atoms with Crippen LogP contribution in [0, 0.1) is 0 Å². The average Bonchev–Trinajstić information content (AvgIpc) is 1.60. The lowest BCUT2D eigenvalue weighted by Crippen LogP contribution is -2.10. The van der Waals surface area contributed by atoms with Gasteiger partial charge in [-0.2, -0.15) is 0 Å². The third kappa shape index (κ3) is 15.4. The van der Waals surface area contributed by atoms with E-state index in [0.717, 1.165) is 28.0 Å². The first-order valence-corrected chi connectivity index (χ1v) is 39.4. The molecule has 4 heteroatoms. The molecule has 2 aromatic heterocycles. The maximum Gasteiger partial charge on any atom is 0.0547 e. The van der Waals surface area contributed by atoms with Gasteiger partial charge in [0, 0.05) is 54.5 Å². The van der Waals surface area contributed by atoms with Crippen LogP contribution in [0.1, 0.15) is 11.1 Å². The zero-order chi connectivity index (χ0) is 75.7. The molecule has 20 rings (SSSR count). The summed E-state index contributed by atoms with van der Waals surface area (Å²) in [4.78, 5) is 2.35. The van der Waals surface area contributed by atoms with E-state index in [9.17, 15) is 0 Å². The number of benzene rings is 18. The molecular weight excluding hydrogens is 1430 g/mol. The van der Waals surface area contributed by atoms with Crippen LogP contribution >= 0.6 is 15.9 Å². The van der Waals surface area contributed by atoms with E-state index in [2.05, 4.69) is 491 Å². The van der Waals surface area contributed by atoms with Crippen molar-refractivity contribution >= 4 is 76.6 Å². The predicted molar refractivity (Wildman–Crippen MR) is 483 cm³/mol. The Morgan fingerprint density at radius 3 is 0.796 bits per heavy atom. The van der Waals surface area contributed by atoms with Crippen LogP contribution < -0.4 is 4.90 Å². The van der Waals surface area contributed by atoms with Crippen molar-refractivity contribution in [2.45, 2.75) is 6.42 Å². The fourth-order valence-corrected chi connectivity index (χ4v) is 16.1. The number of hydrogen-bond donors (Lipinski definition) is 0. The zero-order valence-corrected chi connectivity index (χ0v) is 63.9. The number of para-hydroxylation sites is 4. The number of halogens is 1. The maximum atomic E-state index is 3.57. The van der Waals surface area contributed by atoms with Crippen molar-refractivity contribution in [2.24, 2.45) is 0 Å².